The van der Waals surface area contributed by atoms with Crippen LogP contribution in [0, 0.1) is 6.92 Å². The van der Waals surface area contributed by atoms with Gasteiger partial charge in [0, 0.05) is 5.69 Å². The number of ether oxygens (including phenoxy) is 1. The first kappa shape index (κ1) is 42.0. The molecule has 0 spiro atoms. The Morgan fingerprint density at radius 2 is 1.12 bits per heavy atom. The van der Waals surface area contributed by atoms with Crippen molar-refractivity contribution in [3.05, 3.63) is 53.6 Å². The molecule has 2 unspecified atom stereocenters. The van der Waals surface area contributed by atoms with Crippen LogP contribution in [0.1, 0.15) is 23.4 Å². The molecular weight excluding hydrogens is 793 g/mol. The second-order valence-electron chi connectivity index (χ2n) is 10.6. The van der Waals surface area contributed by atoms with Crippen molar-refractivity contribution < 1.29 is 96.8 Å². The van der Waals surface area contributed by atoms with Gasteiger partial charge in [-0.05, 0) is 43.7 Å². The summed E-state index contributed by atoms with van der Waals surface area (Å²) in [6.45, 7) is 3.18. The number of amides is 1. The molecule has 1 aliphatic rings. The molecule has 0 bridgehead atoms. The zero-order valence-corrected chi connectivity index (χ0v) is 26.6. The number of anilines is 1. The van der Waals surface area contributed by atoms with Gasteiger partial charge in [0.05, 0.1) is 12.4 Å². The zero-order chi connectivity index (χ0) is 39.8. The average molecular weight is 812 g/mol. The standard InChI is InChI=1S/C26H18F17NO5S2/c1-11-4-7-14(8-5-11)44-17(45)12(2)50-18(44)13-6-9-15(16(10-13)48-3)49-51(46,47)26(42,43)24(37,38)22(33,34)20(29,30)19(27,28)21(31,32)23(35,36)25(39,40)41/h4-10,12,18H,1-3H3. The molecule has 6 nitrogen and oxygen atoms in total. The number of aryl methyl sites for hydroxylation is 1. The summed E-state index contributed by atoms with van der Waals surface area (Å²) in [6.07, 6.45) is -7.94. The van der Waals surface area contributed by atoms with E-state index in [1.165, 1.54) is 24.0 Å². The third-order valence-corrected chi connectivity index (χ3v) is 9.78. The van der Waals surface area contributed by atoms with Gasteiger partial charge in [-0.2, -0.15) is 83.1 Å². The quantitative estimate of drug-likeness (QED) is 0.158. The van der Waals surface area contributed by atoms with Crippen LogP contribution in [0.15, 0.2) is 42.5 Å². The van der Waals surface area contributed by atoms with Crippen molar-refractivity contribution >= 4 is 33.5 Å². The smallest absolute Gasteiger partial charge is 0.460 e. The van der Waals surface area contributed by atoms with E-state index in [1.54, 1.807) is 19.1 Å². The van der Waals surface area contributed by atoms with E-state index in [2.05, 4.69) is 4.18 Å². The maximum Gasteiger partial charge on any atom is 0.460 e. The lowest BCUT2D eigenvalue weighted by Gasteiger charge is -2.42. The Morgan fingerprint density at radius 1 is 0.667 bits per heavy atom. The largest absolute Gasteiger partial charge is 0.493 e. The highest BCUT2D eigenvalue weighted by atomic mass is 32.2. The lowest BCUT2D eigenvalue weighted by Crippen LogP contribution is -2.75. The normalized spacial score (nSPS) is 19.1. The van der Waals surface area contributed by atoms with E-state index >= 15 is 0 Å². The van der Waals surface area contributed by atoms with Gasteiger partial charge >= 0.3 is 57.1 Å². The number of hydrogen-bond donors (Lipinski definition) is 0. The molecule has 0 N–H and O–H groups in total. The molecule has 25 heteroatoms. The molecule has 1 amide bonds. The third kappa shape index (κ3) is 6.17. The lowest BCUT2D eigenvalue weighted by atomic mass is 9.91. The van der Waals surface area contributed by atoms with E-state index in [4.69, 9.17) is 4.74 Å². The predicted molar refractivity (Wildman–Crippen MR) is 142 cm³/mol. The molecule has 0 aliphatic carbocycles. The molecule has 0 radical (unpaired) electrons. The minimum atomic E-state index is -8.98. The van der Waals surface area contributed by atoms with E-state index in [0.717, 1.165) is 29.5 Å². The Balaban J connectivity index is 2.04. The van der Waals surface area contributed by atoms with E-state index in [1.807, 2.05) is 0 Å². The fourth-order valence-electron chi connectivity index (χ4n) is 4.20. The van der Waals surface area contributed by atoms with Gasteiger partial charge in [-0.3, -0.25) is 9.69 Å². The van der Waals surface area contributed by atoms with Crippen molar-refractivity contribution in [1.82, 2.24) is 0 Å². The van der Waals surface area contributed by atoms with Gasteiger partial charge in [-0.15, -0.1) is 11.8 Å². The molecule has 0 aromatic heterocycles. The molecule has 288 valence electrons. The minimum absolute atomic E-state index is 0.0260. The van der Waals surface area contributed by atoms with Crippen LogP contribution in [0.3, 0.4) is 0 Å². The van der Waals surface area contributed by atoms with Crippen molar-refractivity contribution in [2.75, 3.05) is 12.0 Å². The zero-order valence-electron chi connectivity index (χ0n) is 24.9. The summed E-state index contributed by atoms with van der Waals surface area (Å²) in [6, 6.07) is 8.12. The van der Waals surface area contributed by atoms with Gasteiger partial charge in [-0.25, -0.2) is 0 Å². The Hall–Kier alpha value is -3.38. The summed E-state index contributed by atoms with van der Waals surface area (Å²) in [4.78, 5) is 14.1. The number of carbonyl (C=O) groups is 1. The van der Waals surface area contributed by atoms with Crippen molar-refractivity contribution in [2.45, 2.75) is 71.4 Å². The number of hydrogen-bond acceptors (Lipinski definition) is 6. The van der Waals surface area contributed by atoms with Gasteiger partial charge in [0.15, 0.2) is 11.5 Å². The highest BCUT2D eigenvalue weighted by molar-refractivity contribution is 8.01. The first-order valence-corrected chi connectivity index (χ1v) is 15.4. The lowest BCUT2D eigenvalue weighted by molar-refractivity contribution is -0.458. The highest BCUT2D eigenvalue weighted by Crippen LogP contribution is 2.64. The predicted octanol–water partition coefficient (Wildman–Crippen LogP) is 8.85. The summed E-state index contributed by atoms with van der Waals surface area (Å²) < 4.78 is 264. The number of alkyl halides is 17. The van der Waals surface area contributed by atoms with Gasteiger partial charge in [0.25, 0.3) is 0 Å². The summed E-state index contributed by atoms with van der Waals surface area (Å²) >= 11 is 0.955. The number of thioether (sulfide) groups is 1. The Morgan fingerprint density at radius 3 is 1.57 bits per heavy atom. The Labute approximate surface area is 279 Å². The van der Waals surface area contributed by atoms with Crippen LogP contribution in [0.2, 0.25) is 0 Å². The van der Waals surface area contributed by atoms with Gasteiger partial charge < -0.3 is 8.92 Å². The second-order valence-corrected chi connectivity index (χ2v) is 13.6. The highest BCUT2D eigenvalue weighted by Gasteiger charge is 2.96. The summed E-state index contributed by atoms with van der Waals surface area (Å²) in [5.41, 5.74) is 1.05. The monoisotopic (exact) mass is 811 g/mol. The average Bonchev–Trinajstić information content (AvgIpc) is 3.29. The number of carbonyl (C=O) groups excluding carboxylic acids is 1. The Bertz CT molecular complexity index is 1750. The van der Waals surface area contributed by atoms with Crippen molar-refractivity contribution in [1.29, 1.82) is 0 Å². The number of rotatable bonds is 12. The maximum absolute atomic E-state index is 14.6. The molecule has 1 aliphatic heterocycles. The van der Waals surface area contributed by atoms with Crippen molar-refractivity contribution in [3.63, 3.8) is 0 Å². The molecule has 2 aromatic rings. The molecule has 2 atom stereocenters. The summed E-state index contributed by atoms with van der Waals surface area (Å²) in [5, 5.41) is -9.63. The molecule has 1 fully saturated rings. The molecular formula is C26H18F17NO5S2. The van der Waals surface area contributed by atoms with Gasteiger partial charge in [-0.1, -0.05) is 23.8 Å². The van der Waals surface area contributed by atoms with Crippen LogP contribution in [0.4, 0.5) is 80.3 Å². The molecule has 2 aromatic carbocycles. The fourth-order valence-corrected chi connectivity index (χ4v) is 6.39. The SMILES string of the molecule is COc1cc(C2SC(C)C(=O)N2c2ccc(C)cc2)ccc1OS(=O)(=O)C(F)(F)C(F)(F)C(F)(F)C(F)(F)C(F)(F)C(F)(F)C(F)(F)C(F)(F)F. The van der Waals surface area contributed by atoms with Crippen LogP contribution in [0.5, 0.6) is 11.5 Å². The van der Waals surface area contributed by atoms with Crippen LogP contribution in [-0.4, -0.2) is 73.7 Å². The molecule has 1 heterocycles. The van der Waals surface area contributed by atoms with Crippen LogP contribution < -0.4 is 13.8 Å². The summed E-state index contributed by atoms with van der Waals surface area (Å²) in [7, 11) is -7.23. The van der Waals surface area contributed by atoms with E-state index in [0.29, 0.717) is 18.9 Å². The van der Waals surface area contributed by atoms with E-state index in [-0.39, 0.29) is 5.56 Å². The number of halogens is 17. The van der Waals surface area contributed by atoms with Crippen LogP contribution in [-0.2, 0) is 14.9 Å². The Kier molecular flexibility index (Phi) is 10.4. The van der Waals surface area contributed by atoms with Crippen LogP contribution >= 0.6 is 11.8 Å². The van der Waals surface area contributed by atoms with E-state index in [9.17, 15) is 87.8 Å². The van der Waals surface area contributed by atoms with E-state index < -0.39 is 85.1 Å². The number of benzene rings is 2. The first-order valence-electron chi connectivity index (χ1n) is 13.1. The molecule has 0 saturated carbocycles. The fraction of sp³-hybridized carbons (Fsp3) is 0.500. The van der Waals surface area contributed by atoms with Crippen molar-refractivity contribution in [3.8, 4) is 11.5 Å². The molecule has 3 rings (SSSR count). The second kappa shape index (κ2) is 12.6. The van der Waals surface area contributed by atoms with Crippen molar-refractivity contribution in [2.24, 2.45) is 0 Å². The van der Waals surface area contributed by atoms with Gasteiger partial charge in [0.1, 0.15) is 5.37 Å². The molecule has 1 saturated heterocycles. The van der Waals surface area contributed by atoms with Gasteiger partial charge in [0.2, 0.25) is 5.91 Å². The summed E-state index contributed by atoms with van der Waals surface area (Å²) in [5.74, 6) is -55.5. The van der Waals surface area contributed by atoms with Crippen LogP contribution in [0.25, 0.3) is 0 Å². The number of nitrogens with zero attached hydrogens (tertiary/aromatic N) is 1. The molecule has 51 heavy (non-hydrogen) atoms. The first-order chi connectivity index (χ1) is 22.7. The minimum Gasteiger partial charge on any atom is -0.493 e. The topological polar surface area (TPSA) is 72.9 Å². The third-order valence-electron chi connectivity index (χ3n) is 7.14. The maximum atomic E-state index is 14.6. The number of methoxy groups -OCH3 is 1.